The number of likely N-dealkylation sites (tertiary alicyclic amines) is 1. The summed E-state index contributed by atoms with van der Waals surface area (Å²) in [5.41, 5.74) is -0.0523. The quantitative estimate of drug-likeness (QED) is 0.802. The monoisotopic (exact) mass is 349 g/mol. The molecule has 0 aromatic carbocycles. The number of aromatic nitrogens is 2. The van der Waals surface area contributed by atoms with Crippen molar-refractivity contribution in [1.29, 1.82) is 0 Å². The molecule has 0 bridgehead atoms. The largest absolute Gasteiger partial charge is 0.476 e. The van der Waals surface area contributed by atoms with Crippen molar-refractivity contribution < 1.29 is 13.9 Å². The van der Waals surface area contributed by atoms with E-state index < -0.39 is 5.82 Å². The van der Waals surface area contributed by atoms with Crippen LogP contribution in [0.3, 0.4) is 0 Å². The Morgan fingerprint density at radius 2 is 2.29 bits per heavy atom. The van der Waals surface area contributed by atoms with Crippen molar-refractivity contribution in [3.05, 3.63) is 40.7 Å². The van der Waals surface area contributed by atoms with Crippen LogP contribution < -0.4 is 4.74 Å². The molecule has 0 amide bonds. The van der Waals surface area contributed by atoms with Gasteiger partial charge in [0.05, 0.1) is 18.8 Å². The highest BCUT2D eigenvalue weighted by molar-refractivity contribution is 7.09. The summed E-state index contributed by atoms with van der Waals surface area (Å²) in [5, 5.41) is 3.15. The zero-order chi connectivity index (χ0) is 16.4. The lowest BCUT2D eigenvalue weighted by atomic mass is 9.79. The fourth-order valence-electron chi connectivity index (χ4n) is 3.66. The van der Waals surface area contributed by atoms with E-state index in [2.05, 4.69) is 14.9 Å². The number of halogens is 1. The summed E-state index contributed by atoms with van der Waals surface area (Å²) < 4.78 is 25.1. The Hall–Kier alpha value is -1.57. The first-order valence-electron chi connectivity index (χ1n) is 8.23. The third kappa shape index (κ3) is 3.16. The van der Waals surface area contributed by atoms with Gasteiger partial charge in [0.25, 0.3) is 0 Å². The van der Waals surface area contributed by atoms with Crippen LogP contribution in [-0.2, 0) is 11.3 Å². The standard InChI is InChI=1S/C17H20FN3O2S/c18-14-2-1-5-20-16(14)22-7-3-13-4-8-23-17(13)11-21(12-17)10-15-19-6-9-24-15/h1-2,5-6,9,13H,3-4,7-8,10-12H2/t13-/m0/s1. The van der Waals surface area contributed by atoms with E-state index in [1.807, 2.05) is 11.6 Å². The molecule has 4 heterocycles. The molecule has 1 spiro atoms. The predicted molar refractivity (Wildman–Crippen MR) is 88.5 cm³/mol. The Balaban J connectivity index is 1.28. The predicted octanol–water partition coefficient (Wildman–Crippen LogP) is 2.74. The molecule has 0 radical (unpaired) electrons. The van der Waals surface area contributed by atoms with Crippen LogP contribution in [0.25, 0.3) is 0 Å². The average Bonchev–Trinajstić information content (AvgIpc) is 3.19. The molecular weight excluding hydrogens is 329 g/mol. The second-order valence-corrected chi connectivity index (χ2v) is 7.38. The van der Waals surface area contributed by atoms with Crippen molar-refractivity contribution in [1.82, 2.24) is 14.9 Å². The molecule has 5 nitrogen and oxygen atoms in total. The van der Waals surface area contributed by atoms with E-state index in [9.17, 15) is 4.39 Å². The van der Waals surface area contributed by atoms with E-state index in [1.165, 1.54) is 6.07 Å². The molecule has 4 rings (SSSR count). The minimum atomic E-state index is -0.409. The van der Waals surface area contributed by atoms with Gasteiger partial charge in [-0.25, -0.2) is 14.4 Å². The van der Waals surface area contributed by atoms with Gasteiger partial charge in [0.2, 0.25) is 5.88 Å². The zero-order valence-corrected chi connectivity index (χ0v) is 14.2. The average molecular weight is 349 g/mol. The Labute approximate surface area is 144 Å². The molecule has 1 atom stereocenters. The second kappa shape index (κ2) is 6.74. The van der Waals surface area contributed by atoms with Gasteiger partial charge in [-0.3, -0.25) is 4.90 Å². The number of thiazole rings is 1. The summed E-state index contributed by atoms with van der Waals surface area (Å²) in [6.07, 6.45) is 5.29. The molecular formula is C17H20FN3O2S. The topological polar surface area (TPSA) is 47.5 Å². The first-order chi connectivity index (χ1) is 11.8. The minimum absolute atomic E-state index is 0.0523. The highest BCUT2D eigenvalue weighted by Crippen LogP contribution is 2.42. The molecule has 128 valence electrons. The van der Waals surface area contributed by atoms with E-state index in [-0.39, 0.29) is 11.5 Å². The van der Waals surface area contributed by atoms with Crippen LogP contribution in [0.4, 0.5) is 4.39 Å². The fraction of sp³-hybridized carbons (Fsp3) is 0.529. The van der Waals surface area contributed by atoms with Crippen LogP contribution in [0.2, 0.25) is 0 Å². The molecule has 0 unspecified atom stereocenters. The van der Waals surface area contributed by atoms with Gasteiger partial charge in [-0.1, -0.05) is 0 Å². The normalized spacial score (nSPS) is 22.6. The van der Waals surface area contributed by atoms with Gasteiger partial charge in [-0.05, 0) is 30.9 Å². The van der Waals surface area contributed by atoms with Crippen molar-refractivity contribution in [3.8, 4) is 5.88 Å². The van der Waals surface area contributed by atoms with Gasteiger partial charge in [0.15, 0.2) is 5.82 Å². The van der Waals surface area contributed by atoms with Crippen molar-refractivity contribution >= 4 is 11.3 Å². The lowest BCUT2D eigenvalue weighted by Gasteiger charge is -2.50. The van der Waals surface area contributed by atoms with Crippen molar-refractivity contribution in [2.24, 2.45) is 5.92 Å². The molecule has 0 N–H and O–H groups in total. The first-order valence-corrected chi connectivity index (χ1v) is 9.11. The molecule has 0 saturated carbocycles. The molecule has 2 saturated heterocycles. The van der Waals surface area contributed by atoms with E-state index in [4.69, 9.17) is 9.47 Å². The van der Waals surface area contributed by atoms with Crippen LogP contribution in [-0.4, -0.2) is 46.8 Å². The Bertz CT molecular complexity index is 676. The summed E-state index contributed by atoms with van der Waals surface area (Å²) in [5.74, 6) is 0.134. The maximum Gasteiger partial charge on any atom is 0.250 e. The lowest BCUT2D eigenvalue weighted by molar-refractivity contribution is -0.138. The number of hydrogen-bond donors (Lipinski definition) is 0. The van der Waals surface area contributed by atoms with E-state index >= 15 is 0 Å². The smallest absolute Gasteiger partial charge is 0.250 e. The SMILES string of the molecule is Fc1cccnc1OCC[C@H]1CCOC12CN(Cc1nccs1)C2. The number of nitrogens with zero attached hydrogens (tertiary/aromatic N) is 3. The Morgan fingerprint density at radius 1 is 1.38 bits per heavy atom. The van der Waals surface area contributed by atoms with Gasteiger partial charge < -0.3 is 9.47 Å². The second-order valence-electron chi connectivity index (χ2n) is 6.40. The van der Waals surface area contributed by atoms with E-state index in [0.29, 0.717) is 12.5 Å². The van der Waals surface area contributed by atoms with Crippen LogP contribution in [0.15, 0.2) is 29.9 Å². The van der Waals surface area contributed by atoms with Crippen molar-refractivity contribution in [2.45, 2.75) is 25.0 Å². The summed E-state index contributed by atoms with van der Waals surface area (Å²) in [6.45, 7) is 4.04. The van der Waals surface area contributed by atoms with Crippen LogP contribution in [0.1, 0.15) is 17.8 Å². The molecule has 0 aliphatic carbocycles. The number of ether oxygens (including phenoxy) is 2. The van der Waals surface area contributed by atoms with Crippen LogP contribution in [0.5, 0.6) is 5.88 Å². The molecule has 2 aliphatic rings. The number of hydrogen-bond acceptors (Lipinski definition) is 6. The van der Waals surface area contributed by atoms with E-state index in [1.54, 1.807) is 23.6 Å². The summed E-state index contributed by atoms with van der Waals surface area (Å²) in [6, 6.07) is 2.93. The lowest BCUT2D eigenvalue weighted by Crippen LogP contribution is -2.64. The molecule has 2 aromatic rings. The minimum Gasteiger partial charge on any atom is -0.476 e. The highest BCUT2D eigenvalue weighted by atomic mass is 32.1. The van der Waals surface area contributed by atoms with Gasteiger partial charge in [-0.15, -0.1) is 11.3 Å². The zero-order valence-electron chi connectivity index (χ0n) is 13.4. The van der Waals surface area contributed by atoms with Gasteiger partial charge >= 0.3 is 0 Å². The molecule has 7 heteroatoms. The molecule has 2 aromatic heterocycles. The maximum atomic E-state index is 13.5. The van der Waals surface area contributed by atoms with Gasteiger partial charge in [0.1, 0.15) is 5.01 Å². The highest BCUT2D eigenvalue weighted by Gasteiger charge is 2.52. The third-order valence-electron chi connectivity index (χ3n) is 4.85. The maximum absolute atomic E-state index is 13.5. The Kier molecular flexibility index (Phi) is 4.47. The number of rotatable bonds is 6. The van der Waals surface area contributed by atoms with Gasteiger partial charge in [0, 0.05) is 37.5 Å². The van der Waals surface area contributed by atoms with Crippen LogP contribution >= 0.6 is 11.3 Å². The summed E-state index contributed by atoms with van der Waals surface area (Å²) in [7, 11) is 0. The fourth-order valence-corrected chi connectivity index (χ4v) is 4.32. The summed E-state index contributed by atoms with van der Waals surface area (Å²) >= 11 is 1.69. The third-order valence-corrected chi connectivity index (χ3v) is 5.62. The Morgan fingerprint density at radius 3 is 3.08 bits per heavy atom. The summed E-state index contributed by atoms with van der Waals surface area (Å²) in [4.78, 5) is 10.6. The van der Waals surface area contributed by atoms with E-state index in [0.717, 1.165) is 44.1 Å². The molecule has 2 aliphatic heterocycles. The molecule has 24 heavy (non-hydrogen) atoms. The van der Waals surface area contributed by atoms with Crippen LogP contribution in [0, 0.1) is 11.7 Å². The number of pyridine rings is 1. The van der Waals surface area contributed by atoms with Crippen molar-refractivity contribution in [2.75, 3.05) is 26.3 Å². The van der Waals surface area contributed by atoms with Crippen molar-refractivity contribution in [3.63, 3.8) is 0 Å². The first kappa shape index (κ1) is 15.9. The molecule has 2 fully saturated rings. The van der Waals surface area contributed by atoms with Gasteiger partial charge in [-0.2, -0.15) is 0 Å².